The van der Waals surface area contributed by atoms with Crippen LogP contribution in [0.2, 0.25) is 0 Å². The number of amides is 1. The molecule has 0 saturated carbocycles. The van der Waals surface area contributed by atoms with Gasteiger partial charge in [-0.25, -0.2) is 13.1 Å². The largest absolute Gasteiger partial charge is 0.375 e. The smallest absolute Gasteiger partial charge is 0.240 e. The summed E-state index contributed by atoms with van der Waals surface area (Å²) in [5, 5.41) is 0. The zero-order chi connectivity index (χ0) is 19.9. The number of ether oxygens (including phenoxy) is 1. The van der Waals surface area contributed by atoms with E-state index >= 15 is 0 Å². The number of carbonyl (C=O) groups is 1. The summed E-state index contributed by atoms with van der Waals surface area (Å²) in [6.07, 6.45) is 1.35. The second-order valence-electron chi connectivity index (χ2n) is 7.32. The lowest BCUT2D eigenvalue weighted by molar-refractivity contribution is -0.118. The highest BCUT2D eigenvalue weighted by Crippen LogP contribution is 2.38. The van der Waals surface area contributed by atoms with Gasteiger partial charge >= 0.3 is 0 Å². The molecule has 0 spiro atoms. The predicted octanol–water partition coefficient (Wildman–Crippen LogP) is 2.50. The molecule has 2 aliphatic heterocycles. The van der Waals surface area contributed by atoms with Gasteiger partial charge in [-0.15, -0.1) is 0 Å². The molecule has 148 valence electrons. The molecule has 0 fully saturated rings. The summed E-state index contributed by atoms with van der Waals surface area (Å²) in [7, 11) is -2.10. The van der Waals surface area contributed by atoms with Gasteiger partial charge in [-0.1, -0.05) is 24.3 Å². The first-order valence-corrected chi connectivity index (χ1v) is 10.9. The molecular formula is C21H24N2O4S. The predicted molar refractivity (Wildman–Crippen MR) is 107 cm³/mol. The molecule has 1 atom stereocenters. The van der Waals surface area contributed by atoms with Crippen LogP contribution >= 0.6 is 0 Å². The van der Waals surface area contributed by atoms with E-state index in [0.717, 1.165) is 27.9 Å². The van der Waals surface area contributed by atoms with Crippen LogP contribution in [0.1, 0.15) is 34.8 Å². The number of benzene rings is 2. The topological polar surface area (TPSA) is 75.7 Å². The van der Waals surface area contributed by atoms with Crippen molar-refractivity contribution in [1.29, 1.82) is 0 Å². The molecule has 1 amide bonds. The Morgan fingerprint density at radius 2 is 1.86 bits per heavy atom. The van der Waals surface area contributed by atoms with Crippen LogP contribution in [0.5, 0.6) is 0 Å². The molecule has 1 N–H and O–H groups in total. The second kappa shape index (κ2) is 7.31. The Balaban J connectivity index is 1.58. The minimum absolute atomic E-state index is 0.126. The third-order valence-corrected chi connectivity index (χ3v) is 7.02. The van der Waals surface area contributed by atoms with Gasteiger partial charge in [0.15, 0.2) is 0 Å². The molecule has 2 aliphatic rings. The second-order valence-corrected chi connectivity index (χ2v) is 9.09. The number of hydrogen-bond acceptors (Lipinski definition) is 4. The van der Waals surface area contributed by atoms with E-state index in [1.807, 2.05) is 31.2 Å². The fourth-order valence-corrected chi connectivity index (χ4v) is 5.25. The lowest BCUT2D eigenvalue weighted by Crippen LogP contribution is -2.33. The maximum atomic E-state index is 13.0. The molecule has 0 bridgehead atoms. The van der Waals surface area contributed by atoms with Crippen molar-refractivity contribution < 1.29 is 17.9 Å². The maximum Gasteiger partial charge on any atom is 0.240 e. The number of hydrogen-bond donors (Lipinski definition) is 1. The van der Waals surface area contributed by atoms with Crippen molar-refractivity contribution in [3.05, 3.63) is 58.7 Å². The highest BCUT2D eigenvalue weighted by atomic mass is 32.2. The Hall–Kier alpha value is -2.22. The van der Waals surface area contributed by atoms with Crippen LogP contribution in [-0.4, -0.2) is 34.5 Å². The molecule has 0 saturated heterocycles. The Morgan fingerprint density at radius 3 is 2.57 bits per heavy atom. The van der Waals surface area contributed by atoms with Crippen LogP contribution in [-0.2, 0) is 32.4 Å². The zero-order valence-corrected chi connectivity index (χ0v) is 16.9. The van der Waals surface area contributed by atoms with Crippen LogP contribution in [0.4, 0.5) is 5.69 Å². The summed E-state index contributed by atoms with van der Waals surface area (Å²) in [5.41, 5.74) is 4.82. The molecule has 4 rings (SSSR count). The number of rotatable bonds is 6. The van der Waals surface area contributed by atoms with E-state index in [0.29, 0.717) is 25.8 Å². The lowest BCUT2D eigenvalue weighted by atomic mass is 10.00. The third-order valence-electron chi connectivity index (χ3n) is 5.61. The lowest BCUT2D eigenvalue weighted by Gasteiger charge is -2.26. The van der Waals surface area contributed by atoms with Crippen molar-refractivity contribution in [1.82, 2.24) is 4.72 Å². The highest BCUT2D eigenvalue weighted by Gasteiger charge is 2.33. The van der Waals surface area contributed by atoms with Gasteiger partial charge in [0.25, 0.3) is 0 Å². The van der Waals surface area contributed by atoms with Crippen LogP contribution in [0.3, 0.4) is 0 Å². The molecule has 0 radical (unpaired) electrons. The van der Waals surface area contributed by atoms with Gasteiger partial charge in [0.05, 0.1) is 16.7 Å². The molecule has 0 aliphatic carbocycles. The van der Waals surface area contributed by atoms with Crippen LogP contribution in [0, 0.1) is 6.92 Å². The van der Waals surface area contributed by atoms with Gasteiger partial charge in [-0.05, 0) is 54.2 Å². The Bertz CT molecular complexity index is 1030. The number of aryl methyl sites for hydroxylation is 2. The minimum atomic E-state index is -3.68. The quantitative estimate of drug-likeness (QED) is 0.808. The fraction of sp³-hybridized carbons (Fsp3) is 0.381. The summed E-state index contributed by atoms with van der Waals surface area (Å²) >= 11 is 0. The van der Waals surface area contributed by atoms with Crippen molar-refractivity contribution in [2.75, 3.05) is 25.1 Å². The maximum absolute atomic E-state index is 13.0. The number of sulfonamides is 1. The van der Waals surface area contributed by atoms with Crippen molar-refractivity contribution in [2.24, 2.45) is 0 Å². The average Bonchev–Trinajstić information content (AvgIpc) is 3.12. The van der Waals surface area contributed by atoms with Gasteiger partial charge in [-0.2, -0.15) is 0 Å². The fourth-order valence-electron chi connectivity index (χ4n) is 4.12. The average molecular weight is 401 g/mol. The van der Waals surface area contributed by atoms with Gasteiger partial charge in [0, 0.05) is 26.6 Å². The third kappa shape index (κ3) is 3.34. The number of nitrogens with zero attached hydrogens (tertiary/aromatic N) is 1. The van der Waals surface area contributed by atoms with Crippen molar-refractivity contribution >= 4 is 21.6 Å². The molecule has 6 nitrogen and oxygen atoms in total. The monoisotopic (exact) mass is 400 g/mol. The molecule has 2 aromatic rings. The molecule has 0 aromatic heterocycles. The molecule has 2 aromatic carbocycles. The Kier molecular flexibility index (Phi) is 4.99. The van der Waals surface area contributed by atoms with Crippen LogP contribution in [0.15, 0.2) is 41.3 Å². The van der Waals surface area contributed by atoms with Crippen LogP contribution < -0.4 is 9.62 Å². The highest BCUT2D eigenvalue weighted by molar-refractivity contribution is 7.89. The van der Waals surface area contributed by atoms with Gasteiger partial charge in [0.1, 0.15) is 0 Å². The summed E-state index contributed by atoms with van der Waals surface area (Å²) in [4.78, 5) is 14.1. The van der Waals surface area contributed by atoms with Crippen molar-refractivity contribution in [3.63, 3.8) is 0 Å². The van der Waals surface area contributed by atoms with Crippen LogP contribution in [0.25, 0.3) is 0 Å². The van der Waals surface area contributed by atoms with Crippen molar-refractivity contribution in [3.8, 4) is 0 Å². The first kappa shape index (κ1) is 19.1. The van der Waals surface area contributed by atoms with E-state index in [9.17, 15) is 13.2 Å². The SMILES string of the molecule is COC(CNS(=O)(=O)c1cc2c3c(c1)CCN3C(=O)CC2)c1ccccc1C. The summed E-state index contributed by atoms with van der Waals surface area (Å²) in [6.45, 7) is 2.77. The molecule has 2 heterocycles. The molecular weight excluding hydrogens is 376 g/mol. The van der Waals surface area contributed by atoms with E-state index in [-0.39, 0.29) is 23.5 Å². The van der Waals surface area contributed by atoms with Gasteiger partial charge < -0.3 is 9.64 Å². The summed E-state index contributed by atoms with van der Waals surface area (Å²) in [6, 6.07) is 11.2. The Morgan fingerprint density at radius 1 is 1.14 bits per heavy atom. The zero-order valence-electron chi connectivity index (χ0n) is 16.1. The number of carbonyl (C=O) groups excluding carboxylic acids is 1. The normalized spacial score (nSPS) is 16.9. The molecule has 1 unspecified atom stereocenters. The van der Waals surface area contributed by atoms with Gasteiger partial charge in [0.2, 0.25) is 15.9 Å². The minimum Gasteiger partial charge on any atom is -0.375 e. The number of anilines is 1. The standard InChI is InChI=1S/C21H24N2O4S/c1-14-5-3-4-6-18(14)19(27-2)13-22-28(25,26)17-11-15-7-8-20(24)23-10-9-16(12-17)21(15)23/h3-6,11-12,19,22H,7-10,13H2,1-2H3. The van der Waals surface area contributed by atoms with E-state index in [4.69, 9.17) is 4.74 Å². The molecule has 7 heteroatoms. The Labute approximate surface area is 165 Å². The first-order chi connectivity index (χ1) is 13.4. The number of methoxy groups -OCH3 is 1. The first-order valence-electron chi connectivity index (χ1n) is 9.45. The summed E-state index contributed by atoms with van der Waals surface area (Å²) in [5.74, 6) is 0.126. The molecule has 28 heavy (non-hydrogen) atoms. The van der Waals surface area contributed by atoms with E-state index in [1.165, 1.54) is 0 Å². The number of nitrogens with one attached hydrogen (secondary N) is 1. The van der Waals surface area contributed by atoms with E-state index in [2.05, 4.69) is 4.72 Å². The van der Waals surface area contributed by atoms with E-state index < -0.39 is 10.0 Å². The summed E-state index contributed by atoms with van der Waals surface area (Å²) < 4.78 is 34.1. The van der Waals surface area contributed by atoms with Crippen molar-refractivity contribution in [2.45, 2.75) is 37.2 Å². The van der Waals surface area contributed by atoms with E-state index in [1.54, 1.807) is 24.1 Å². The van der Waals surface area contributed by atoms with Gasteiger partial charge in [-0.3, -0.25) is 4.79 Å².